The van der Waals surface area contributed by atoms with E-state index in [0.29, 0.717) is 6.42 Å². The van der Waals surface area contributed by atoms with Gasteiger partial charge in [0.05, 0.1) is 5.69 Å². The molecule has 0 spiro atoms. The Balaban J connectivity index is 1.76. The van der Waals surface area contributed by atoms with Crippen molar-refractivity contribution in [3.05, 3.63) is 56.7 Å². The second kappa shape index (κ2) is 8.53. The Bertz CT molecular complexity index is 1180. The summed E-state index contributed by atoms with van der Waals surface area (Å²) in [5, 5.41) is 3.83. The van der Waals surface area contributed by atoms with Crippen molar-refractivity contribution >= 4 is 17.6 Å². The number of hydrogen-bond donors (Lipinski definition) is 3. The number of nitrogens with zero attached hydrogens (tertiary/aromatic N) is 1. The number of nitrogens with one attached hydrogen (secondary N) is 3. The number of halogens is 3. The highest BCUT2D eigenvalue weighted by atomic mass is 19.4. The van der Waals surface area contributed by atoms with Gasteiger partial charge in [-0.15, -0.1) is 0 Å². The van der Waals surface area contributed by atoms with Crippen LogP contribution in [0.15, 0.2) is 39.9 Å². The molecule has 4 rings (SSSR count). The summed E-state index contributed by atoms with van der Waals surface area (Å²) >= 11 is 0. The van der Waals surface area contributed by atoms with Crippen LogP contribution in [0.3, 0.4) is 0 Å². The van der Waals surface area contributed by atoms with Crippen LogP contribution in [-0.2, 0) is 15.1 Å². The molecule has 0 radical (unpaired) electrons. The van der Waals surface area contributed by atoms with Crippen molar-refractivity contribution in [1.29, 1.82) is 0 Å². The molecule has 1 aromatic heterocycles. The standard InChI is InChI=1S/C22H23F3N4O4/c23-22(24,25)21(28-15(30)12-11-13-7-3-1-4-8-13)16-17(26-19(21)32)29(20(33)27-18(16)31)14-9-5-2-6-10-14/h2,5-6,9-10,13H,1,3-4,7-8,11-12H2,(H,26,32)(H,28,30)(H,27,31,33)/t21-/m0/s1. The quantitative estimate of drug-likeness (QED) is 0.632. The molecule has 0 unspecified atom stereocenters. The fourth-order valence-corrected chi connectivity index (χ4v) is 4.68. The molecule has 11 heteroatoms. The van der Waals surface area contributed by atoms with Gasteiger partial charge in [-0.3, -0.25) is 19.4 Å². The second-order valence-corrected chi connectivity index (χ2v) is 8.45. The monoisotopic (exact) mass is 464 g/mol. The number of H-pyrrole nitrogens is 1. The van der Waals surface area contributed by atoms with E-state index in [2.05, 4.69) is 0 Å². The number of hydrogen-bond acceptors (Lipinski definition) is 4. The smallest absolute Gasteiger partial charge is 0.330 e. The van der Waals surface area contributed by atoms with Gasteiger partial charge in [0.2, 0.25) is 11.4 Å². The number of aromatic nitrogens is 2. The molecule has 2 aromatic rings. The van der Waals surface area contributed by atoms with Crippen molar-refractivity contribution in [2.24, 2.45) is 5.92 Å². The summed E-state index contributed by atoms with van der Waals surface area (Å²) in [5.41, 5.74) is -6.95. The zero-order chi connectivity index (χ0) is 23.8. The van der Waals surface area contributed by atoms with Gasteiger partial charge < -0.3 is 10.6 Å². The van der Waals surface area contributed by atoms with E-state index in [1.54, 1.807) is 23.5 Å². The van der Waals surface area contributed by atoms with Gasteiger partial charge in [-0.25, -0.2) is 9.36 Å². The first-order valence-corrected chi connectivity index (χ1v) is 10.8. The molecule has 2 heterocycles. The Morgan fingerprint density at radius 2 is 1.76 bits per heavy atom. The summed E-state index contributed by atoms with van der Waals surface area (Å²) in [6, 6.07) is 7.58. The highest BCUT2D eigenvalue weighted by molar-refractivity contribution is 6.07. The lowest BCUT2D eigenvalue weighted by Crippen LogP contribution is -2.62. The summed E-state index contributed by atoms with van der Waals surface area (Å²) in [7, 11) is 0. The van der Waals surface area contributed by atoms with E-state index in [1.807, 2.05) is 10.3 Å². The molecule has 1 fully saturated rings. The SMILES string of the molecule is O=C(CCC1CCCCC1)N[C@]1(C(F)(F)F)C(=O)Nc2c1c(=O)[nH]c(=O)n2-c1ccccc1. The van der Waals surface area contributed by atoms with Gasteiger partial charge in [0, 0.05) is 6.42 Å². The predicted molar refractivity (Wildman–Crippen MR) is 113 cm³/mol. The third kappa shape index (κ3) is 3.96. The minimum atomic E-state index is -5.34. The molecule has 1 saturated carbocycles. The number of carbonyl (C=O) groups excluding carboxylic acids is 2. The average Bonchev–Trinajstić information content (AvgIpc) is 3.07. The Labute approximate surface area is 186 Å². The topological polar surface area (TPSA) is 113 Å². The van der Waals surface area contributed by atoms with Crippen LogP contribution in [0.25, 0.3) is 5.69 Å². The molecule has 1 aromatic carbocycles. The number of rotatable bonds is 5. The highest BCUT2D eigenvalue weighted by Gasteiger charge is 2.68. The van der Waals surface area contributed by atoms with Crippen molar-refractivity contribution in [1.82, 2.24) is 14.9 Å². The first kappa shape index (κ1) is 22.8. The van der Waals surface area contributed by atoms with E-state index in [1.165, 1.54) is 12.1 Å². The molecule has 1 aliphatic heterocycles. The maximum atomic E-state index is 14.4. The van der Waals surface area contributed by atoms with Crippen molar-refractivity contribution in [2.75, 3.05) is 5.32 Å². The minimum Gasteiger partial charge on any atom is -0.330 e. The molecule has 1 aliphatic carbocycles. The van der Waals surface area contributed by atoms with Crippen LogP contribution in [0.2, 0.25) is 0 Å². The molecule has 3 N–H and O–H groups in total. The zero-order valence-corrected chi connectivity index (χ0v) is 17.6. The van der Waals surface area contributed by atoms with Crippen LogP contribution in [0.4, 0.5) is 19.0 Å². The van der Waals surface area contributed by atoms with E-state index in [9.17, 15) is 32.3 Å². The Hall–Kier alpha value is -3.37. The second-order valence-electron chi connectivity index (χ2n) is 8.45. The van der Waals surface area contributed by atoms with E-state index >= 15 is 0 Å². The predicted octanol–water partition coefficient (Wildman–Crippen LogP) is 2.71. The van der Waals surface area contributed by atoms with Crippen molar-refractivity contribution in [3.8, 4) is 5.69 Å². The van der Waals surface area contributed by atoms with Crippen LogP contribution >= 0.6 is 0 Å². The van der Waals surface area contributed by atoms with Crippen LogP contribution in [0, 0.1) is 5.92 Å². The number of para-hydroxylation sites is 1. The number of anilines is 1. The lowest BCUT2D eigenvalue weighted by Gasteiger charge is -2.30. The fraction of sp³-hybridized carbons (Fsp3) is 0.455. The van der Waals surface area contributed by atoms with Crippen LogP contribution in [0.5, 0.6) is 0 Å². The molecule has 2 amide bonds. The van der Waals surface area contributed by atoms with E-state index in [-0.39, 0.29) is 18.0 Å². The van der Waals surface area contributed by atoms with E-state index < -0.39 is 46.2 Å². The van der Waals surface area contributed by atoms with Gasteiger partial charge in [0.1, 0.15) is 11.4 Å². The van der Waals surface area contributed by atoms with Crippen molar-refractivity contribution in [3.63, 3.8) is 0 Å². The number of amides is 2. The summed E-state index contributed by atoms with van der Waals surface area (Å²) < 4.78 is 44.0. The van der Waals surface area contributed by atoms with Gasteiger partial charge in [-0.05, 0) is 24.5 Å². The average molecular weight is 464 g/mol. The molecule has 2 aliphatic rings. The van der Waals surface area contributed by atoms with Crippen LogP contribution in [-0.4, -0.2) is 27.5 Å². The molecule has 33 heavy (non-hydrogen) atoms. The number of alkyl halides is 3. The number of fused-ring (bicyclic) bond motifs is 1. The normalized spacial score (nSPS) is 20.9. The largest absolute Gasteiger partial charge is 0.425 e. The lowest BCUT2D eigenvalue weighted by molar-refractivity contribution is -0.200. The molecular weight excluding hydrogens is 441 g/mol. The van der Waals surface area contributed by atoms with Crippen LogP contribution < -0.4 is 21.9 Å². The summed E-state index contributed by atoms with van der Waals surface area (Å²) in [6.07, 6.45) is -0.205. The van der Waals surface area contributed by atoms with E-state index in [4.69, 9.17) is 0 Å². The minimum absolute atomic E-state index is 0.136. The summed E-state index contributed by atoms with van der Waals surface area (Å²) in [5.74, 6) is -3.01. The highest BCUT2D eigenvalue weighted by Crippen LogP contribution is 2.45. The third-order valence-corrected chi connectivity index (χ3v) is 6.33. The molecular formula is C22H23F3N4O4. The zero-order valence-electron chi connectivity index (χ0n) is 17.6. The van der Waals surface area contributed by atoms with Gasteiger partial charge in [-0.2, -0.15) is 13.2 Å². The lowest BCUT2D eigenvalue weighted by atomic mass is 9.85. The number of aromatic amines is 1. The maximum Gasteiger partial charge on any atom is 0.425 e. The third-order valence-electron chi connectivity index (χ3n) is 6.33. The van der Waals surface area contributed by atoms with Crippen molar-refractivity contribution in [2.45, 2.75) is 56.7 Å². The molecule has 1 atom stereocenters. The van der Waals surface area contributed by atoms with Crippen LogP contribution in [0.1, 0.15) is 50.5 Å². The number of benzene rings is 1. The van der Waals surface area contributed by atoms with E-state index in [0.717, 1.165) is 36.7 Å². The van der Waals surface area contributed by atoms with Gasteiger partial charge >= 0.3 is 11.9 Å². The molecule has 0 saturated heterocycles. The van der Waals surface area contributed by atoms with Crippen molar-refractivity contribution < 1.29 is 22.8 Å². The first-order chi connectivity index (χ1) is 15.6. The Morgan fingerprint density at radius 3 is 2.39 bits per heavy atom. The Morgan fingerprint density at radius 1 is 1.09 bits per heavy atom. The summed E-state index contributed by atoms with van der Waals surface area (Å²) in [4.78, 5) is 52.3. The molecule has 0 bridgehead atoms. The van der Waals surface area contributed by atoms with Gasteiger partial charge in [0.15, 0.2) is 0 Å². The molecule has 8 nitrogen and oxygen atoms in total. The molecule has 176 valence electrons. The van der Waals surface area contributed by atoms with Gasteiger partial charge in [-0.1, -0.05) is 50.3 Å². The van der Waals surface area contributed by atoms with Gasteiger partial charge in [0.25, 0.3) is 11.5 Å². The fourth-order valence-electron chi connectivity index (χ4n) is 4.68. The number of carbonyl (C=O) groups is 2. The Kier molecular flexibility index (Phi) is 5.89. The first-order valence-electron chi connectivity index (χ1n) is 10.8. The summed E-state index contributed by atoms with van der Waals surface area (Å²) in [6.45, 7) is 0. The maximum absolute atomic E-state index is 14.4.